The van der Waals surface area contributed by atoms with E-state index in [9.17, 15) is 9.59 Å². The molecule has 1 heterocycles. The smallest absolute Gasteiger partial charge is 0.255 e. The molecule has 0 radical (unpaired) electrons. The van der Waals surface area contributed by atoms with Gasteiger partial charge in [0.2, 0.25) is 5.91 Å². The second-order valence-electron chi connectivity index (χ2n) is 6.20. The summed E-state index contributed by atoms with van der Waals surface area (Å²) in [6.45, 7) is 2.86. The van der Waals surface area contributed by atoms with Crippen LogP contribution in [0.2, 0.25) is 5.02 Å². The molecule has 0 fully saturated rings. The number of amides is 2. The van der Waals surface area contributed by atoms with Crippen molar-refractivity contribution in [3.63, 3.8) is 0 Å². The van der Waals surface area contributed by atoms with E-state index in [1.807, 2.05) is 49.4 Å². The summed E-state index contributed by atoms with van der Waals surface area (Å²) in [4.78, 5) is 27.1. The Morgan fingerprint density at radius 2 is 1.92 bits per heavy atom. The fourth-order valence-electron chi connectivity index (χ4n) is 3.17. The Hall–Kier alpha value is -2.33. The molecule has 0 saturated heterocycles. The van der Waals surface area contributed by atoms with Gasteiger partial charge in [0.05, 0.1) is 0 Å². The van der Waals surface area contributed by atoms with Gasteiger partial charge in [-0.25, -0.2) is 0 Å². The van der Waals surface area contributed by atoms with Gasteiger partial charge < -0.3 is 10.2 Å². The highest BCUT2D eigenvalue weighted by molar-refractivity contribution is 6.31. The third kappa shape index (κ3) is 3.69. The van der Waals surface area contributed by atoms with Crippen molar-refractivity contribution in [1.82, 2.24) is 10.2 Å². The van der Waals surface area contributed by atoms with Gasteiger partial charge in [-0.2, -0.15) is 0 Å². The zero-order chi connectivity index (χ0) is 17.8. The number of nitrogens with one attached hydrogen (secondary N) is 1. The first-order chi connectivity index (χ1) is 12.1. The van der Waals surface area contributed by atoms with Gasteiger partial charge in [0.15, 0.2) is 0 Å². The lowest BCUT2D eigenvalue weighted by Gasteiger charge is -2.26. The van der Waals surface area contributed by atoms with Crippen LogP contribution in [0.5, 0.6) is 0 Å². The molecule has 3 rings (SSSR count). The Bertz CT molecular complexity index is 791. The number of hydrogen-bond donors (Lipinski definition) is 1. The molecule has 1 atom stereocenters. The predicted octanol–water partition coefficient (Wildman–Crippen LogP) is 3.78. The second kappa shape index (κ2) is 7.70. The van der Waals surface area contributed by atoms with Crippen LogP contribution >= 0.6 is 11.6 Å². The molecule has 25 heavy (non-hydrogen) atoms. The summed E-state index contributed by atoms with van der Waals surface area (Å²) in [7, 11) is 0. The zero-order valence-electron chi connectivity index (χ0n) is 14.2. The first kappa shape index (κ1) is 17.5. The third-order valence-corrected chi connectivity index (χ3v) is 4.87. The maximum Gasteiger partial charge on any atom is 0.255 e. The van der Waals surface area contributed by atoms with Crippen LogP contribution in [0, 0.1) is 0 Å². The van der Waals surface area contributed by atoms with Crippen molar-refractivity contribution in [2.24, 2.45) is 0 Å². The first-order valence-corrected chi connectivity index (χ1v) is 8.89. The van der Waals surface area contributed by atoms with Crippen molar-refractivity contribution < 1.29 is 9.59 Å². The summed E-state index contributed by atoms with van der Waals surface area (Å²) in [6.07, 6.45) is 1.46. The number of rotatable bonds is 6. The van der Waals surface area contributed by atoms with Gasteiger partial charge in [0, 0.05) is 23.7 Å². The molecule has 5 heteroatoms. The monoisotopic (exact) mass is 356 g/mol. The van der Waals surface area contributed by atoms with Crippen LogP contribution < -0.4 is 5.32 Å². The van der Waals surface area contributed by atoms with Gasteiger partial charge in [-0.05, 0) is 29.7 Å². The van der Waals surface area contributed by atoms with Gasteiger partial charge in [0.25, 0.3) is 5.91 Å². The number of fused-ring (bicyclic) bond motifs is 1. The van der Waals surface area contributed by atoms with Gasteiger partial charge in [-0.15, -0.1) is 0 Å². The highest BCUT2D eigenvalue weighted by Crippen LogP contribution is 2.26. The van der Waals surface area contributed by atoms with E-state index in [1.165, 1.54) is 0 Å². The topological polar surface area (TPSA) is 49.4 Å². The van der Waals surface area contributed by atoms with Crippen LogP contribution in [0.1, 0.15) is 41.3 Å². The molecule has 0 saturated carbocycles. The fraction of sp³-hybridized carbons (Fsp3) is 0.300. The number of benzene rings is 2. The van der Waals surface area contributed by atoms with Gasteiger partial charge >= 0.3 is 0 Å². The van der Waals surface area contributed by atoms with E-state index in [-0.39, 0.29) is 11.8 Å². The molecule has 0 spiro atoms. The molecule has 0 bridgehead atoms. The van der Waals surface area contributed by atoms with Crippen LogP contribution in [-0.4, -0.2) is 22.8 Å². The average molecular weight is 357 g/mol. The molecule has 0 aliphatic carbocycles. The van der Waals surface area contributed by atoms with E-state index in [0.717, 1.165) is 17.5 Å². The Labute approximate surface area is 152 Å². The average Bonchev–Trinajstić information content (AvgIpc) is 2.95. The number of hydrogen-bond acceptors (Lipinski definition) is 2. The van der Waals surface area contributed by atoms with E-state index >= 15 is 0 Å². The number of halogens is 1. The lowest BCUT2D eigenvalue weighted by molar-refractivity contribution is -0.126. The van der Waals surface area contributed by atoms with Crippen LogP contribution in [-0.2, 0) is 17.9 Å². The minimum atomic E-state index is -0.465. The maximum absolute atomic E-state index is 12.8. The van der Waals surface area contributed by atoms with Crippen molar-refractivity contribution >= 4 is 23.4 Å². The SMILES string of the molecule is CCC[C@H](C(=O)NCc1ccccc1Cl)N1Cc2ccccc2C1=O. The lowest BCUT2D eigenvalue weighted by Crippen LogP contribution is -2.46. The molecule has 1 N–H and O–H groups in total. The summed E-state index contributed by atoms with van der Waals surface area (Å²) in [5.74, 6) is -0.204. The minimum Gasteiger partial charge on any atom is -0.350 e. The van der Waals surface area contributed by atoms with Crippen LogP contribution in [0.4, 0.5) is 0 Å². The molecule has 2 aromatic rings. The third-order valence-electron chi connectivity index (χ3n) is 4.50. The standard InChI is InChI=1S/C20H21ClN2O2/c1-2-7-18(19(24)22-12-14-8-4-6-11-17(14)21)23-13-15-9-3-5-10-16(15)20(23)25/h3-6,8-11,18H,2,7,12-13H2,1H3,(H,22,24)/t18-/m1/s1. The maximum atomic E-state index is 12.8. The van der Waals surface area contributed by atoms with Gasteiger partial charge in [0.1, 0.15) is 6.04 Å². The highest BCUT2D eigenvalue weighted by Gasteiger charge is 2.35. The normalized spacial score (nSPS) is 14.3. The van der Waals surface area contributed by atoms with E-state index < -0.39 is 6.04 Å². The molecule has 130 valence electrons. The van der Waals surface area contributed by atoms with Crippen molar-refractivity contribution in [2.75, 3.05) is 0 Å². The molecule has 0 aromatic heterocycles. The highest BCUT2D eigenvalue weighted by atomic mass is 35.5. The zero-order valence-corrected chi connectivity index (χ0v) is 14.9. The first-order valence-electron chi connectivity index (χ1n) is 8.51. The van der Waals surface area contributed by atoms with Crippen LogP contribution in [0.15, 0.2) is 48.5 Å². The van der Waals surface area contributed by atoms with Gasteiger partial charge in [-0.1, -0.05) is 61.3 Å². The van der Waals surface area contributed by atoms with Crippen LogP contribution in [0.25, 0.3) is 0 Å². The summed E-state index contributed by atoms with van der Waals surface area (Å²) in [6, 6.07) is 14.5. The number of nitrogens with zero attached hydrogens (tertiary/aromatic N) is 1. The predicted molar refractivity (Wildman–Crippen MR) is 98.3 cm³/mol. The van der Waals surface area contributed by atoms with Crippen molar-refractivity contribution in [3.8, 4) is 0 Å². The molecular formula is C20H21ClN2O2. The van der Waals surface area contributed by atoms with Crippen molar-refractivity contribution in [3.05, 3.63) is 70.2 Å². The summed E-state index contributed by atoms with van der Waals surface area (Å²) < 4.78 is 0. The molecule has 1 aliphatic heterocycles. The second-order valence-corrected chi connectivity index (χ2v) is 6.61. The van der Waals surface area contributed by atoms with E-state index in [1.54, 1.807) is 11.0 Å². The lowest BCUT2D eigenvalue weighted by atomic mass is 10.1. The summed E-state index contributed by atoms with van der Waals surface area (Å²) >= 11 is 6.14. The van der Waals surface area contributed by atoms with Crippen molar-refractivity contribution in [1.29, 1.82) is 0 Å². The van der Waals surface area contributed by atoms with Crippen LogP contribution in [0.3, 0.4) is 0 Å². The molecule has 2 aromatic carbocycles. The Kier molecular flexibility index (Phi) is 5.39. The number of carbonyl (C=O) groups is 2. The molecule has 1 aliphatic rings. The Morgan fingerprint density at radius 3 is 2.64 bits per heavy atom. The van der Waals surface area contributed by atoms with Gasteiger partial charge in [-0.3, -0.25) is 9.59 Å². The Morgan fingerprint density at radius 1 is 1.20 bits per heavy atom. The summed E-state index contributed by atoms with van der Waals surface area (Å²) in [5, 5.41) is 3.56. The minimum absolute atomic E-state index is 0.0676. The summed E-state index contributed by atoms with van der Waals surface area (Å²) in [5.41, 5.74) is 2.54. The molecular weight excluding hydrogens is 336 g/mol. The van der Waals surface area contributed by atoms with E-state index in [2.05, 4.69) is 5.32 Å². The Balaban J connectivity index is 1.72. The number of carbonyl (C=O) groups excluding carboxylic acids is 2. The quantitative estimate of drug-likeness (QED) is 0.856. The fourth-order valence-corrected chi connectivity index (χ4v) is 3.37. The molecule has 0 unspecified atom stereocenters. The molecule has 2 amide bonds. The van der Waals surface area contributed by atoms with Crippen molar-refractivity contribution in [2.45, 2.75) is 38.9 Å². The van der Waals surface area contributed by atoms with E-state index in [0.29, 0.717) is 30.1 Å². The van der Waals surface area contributed by atoms with E-state index in [4.69, 9.17) is 11.6 Å². The molecule has 4 nitrogen and oxygen atoms in total. The largest absolute Gasteiger partial charge is 0.350 e.